The van der Waals surface area contributed by atoms with Gasteiger partial charge >= 0.3 is 5.97 Å². The van der Waals surface area contributed by atoms with Crippen LogP contribution in [-0.4, -0.2) is 72.8 Å². The molecule has 5 rings (SSSR count). The molecule has 0 N–H and O–H groups in total. The third kappa shape index (κ3) is 2.03. The second-order valence-electron chi connectivity index (χ2n) is 7.33. The summed E-state index contributed by atoms with van der Waals surface area (Å²) in [7, 11) is 0. The van der Waals surface area contributed by atoms with Crippen LogP contribution < -0.4 is 0 Å². The van der Waals surface area contributed by atoms with E-state index in [-0.39, 0.29) is 42.3 Å². The molecule has 8 atom stereocenters. The highest BCUT2D eigenvalue weighted by Crippen LogP contribution is 2.50. The van der Waals surface area contributed by atoms with Crippen LogP contribution in [0.25, 0.3) is 0 Å². The second-order valence-corrected chi connectivity index (χ2v) is 7.33. The van der Waals surface area contributed by atoms with Crippen molar-refractivity contribution >= 4 is 5.97 Å². The SMILES string of the molecule is CC(=O)O[C@@H]1[C@@H]2[C@@H](ON3C[C@@H]4OC(C)(C)O[C@@H]4[C@@H]23)[C@@H]2OC[C@H]1O2. The van der Waals surface area contributed by atoms with Crippen molar-refractivity contribution in [1.82, 2.24) is 5.06 Å². The van der Waals surface area contributed by atoms with E-state index >= 15 is 0 Å². The zero-order chi connectivity index (χ0) is 15.9. The summed E-state index contributed by atoms with van der Waals surface area (Å²) in [5.41, 5.74) is 0. The Kier molecular flexibility index (Phi) is 2.94. The van der Waals surface area contributed by atoms with E-state index in [1.165, 1.54) is 6.92 Å². The number of hydrogen-bond donors (Lipinski definition) is 0. The molecule has 0 unspecified atom stereocenters. The maximum absolute atomic E-state index is 11.6. The van der Waals surface area contributed by atoms with Crippen LogP contribution in [0.5, 0.6) is 0 Å². The second kappa shape index (κ2) is 4.65. The minimum absolute atomic E-state index is 0.0216. The number of nitrogens with zero attached hydrogens (tertiary/aromatic N) is 1. The molecule has 5 aliphatic rings. The Hall–Kier alpha value is -0.770. The Labute approximate surface area is 133 Å². The molecule has 0 saturated carbocycles. The summed E-state index contributed by atoms with van der Waals surface area (Å²) in [5, 5.41) is 1.91. The first-order chi connectivity index (χ1) is 10.9. The van der Waals surface area contributed by atoms with E-state index in [4.69, 9.17) is 28.5 Å². The van der Waals surface area contributed by atoms with Gasteiger partial charge in [-0.15, -0.1) is 0 Å². The van der Waals surface area contributed by atoms with Gasteiger partial charge in [0.25, 0.3) is 0 Å². The summed E-state index contributed by atoms with van der Waals surface area (Å²) in [4.78, 5) is 17.6. The van der Waals surface area contributed by atoms with Crippen molar-refractivity contribution in [2.75, 3.05) is 13.2 Å². The number of rotatable bonds is 1. The third-order valence-corrected chi connectivity index (χ3v) is 5.33. The van der Waals surface area contributed by atoms with E-state index in [1.807, 2.05) is 18.9 Å². The smallest absolute Gasteiger partial charge is 0.303 e. The van der Waals surface area contributed by atoms with Gasteiger partial charge < -0.3 is 23.7 Å². The molecule has 128 valence electrons. The van der Waals surface area contributed by atoms with E-state index in [0.717, 1.165) is 0 Å². The third-order valence-electron chi connectivity index (χ3n) is 5.33. The van der Waals surface area contributed by atoms with Gasteiger partial charge in [-0.2, -0.15) is 5.06 Å². The summed E-state index contributed by atoms with van der Waals surface area (Å²) in [5.74, 6) is -0.964. The molecule has 0 radical (unpaired) electrons. The molecule has 0 aromatic carbocycles. The van der Waals surface area contributed by atoms with Gasteiger partial charge in [-0.05, 0) is 13.8 Å². The lowest BCUT2D eigenvalue weighted by Crippen LogP contribution is -2.55. The highest BCUT2D eigenvalue weighted by molar-refractivity contribution is 5.66. The van der Waals surface area contributed by atoms with Crippen LogP contribution in [0.2, 0.25) is 0 Å². The molecule has 5 saturated heterocycles. The van der Waals surface area contributed by atoms with Crippen LogP contribution in [-0.2, 0) is 33.3 Å². The van der Waals surface area contributed by atoms with Crippen molar-refractivity contribution in [2.24, 2.45) is 5.92 Å². The minimum Gasteiger partial charge on any atom is -0.459 e. The number of ether oxygens (including phenoxy) is 5. The molecule has 5 fully saturated rings. The predicted octanol–water partition coefficient (Wildman–Crippen LogP) is -0.192. The Morgan fingerprint density at radius 3 is 2.83 bits per heavy atom. The lowest BCUT2D eigenvalue weighted by atomic mass is 9.82. The fourth-order valence-corrected chi connectivity index (χ4v) is 4.69. The average molecular weight is 327 g/mol. The van der Waals surface area contributed by atoms with Crippen molar-refractivity contribution in [1.29, 1.82) is 0 Å². The van der Waals surface area contributed by atoms with Crippen LogP contribution >= 0.6 is 0 Å². The lowest BCUT2D eigenvalue weighted by molar-refractivity contribution is -0.251. The first-order valence-electron chi connectivity index (χ1n) is 8.16. The van der Waals surface area contributed by atoms with Crippen molar-refractivity contribution in [2.45, 2.75) is 69.4 Å². The van der Waals surface area contributed by atoms with Gasteiger partial charge in [-0.25, -0.2) is 0 Å². The number of carbonyl (C=O) groups is 1. The molecular weight excluding hydrogens is 306 g/mol. The Bertz CT molecular complexity index is 540. The molecular formula is C15H21NO7. The van der Waals surface area contributed by atoms with E-state index in [0.29, 0.717) is 13.2 Å². The Morgan fingerprint density at radius 1 is 1.22 bits per heavy atom. The molecule has 0 aromatic rings. The maximum Gasteiger partial charge on any atom is 0.303 e. The molecule has 5 aliphatic heterocycles. The molecule has 2 bridgehead atoms. The minimum atomic E-state index is -0.600. The fraction of sp³-hybridized carbons (Fsp3) is 0.933. The average Bonchev–Trinajstić information content (AvgIpc) is 3.13. The summed E-state index contributed by atoms with van der Waals surface area (Å²) >= 11 is 0. The van der Waals surface area contributed by atoms with Crippen molar-refractivity contribution in [3.63, 3.8) is 0 Å². The van der Waals surface area contributed by atoms with E-state index < -0.39 is 18.2 Å². The Balaban J connectivity index is 1.48. The van der Waals surface area contributed by atoms with Gasteiger partial charge in [0.15, 0.2) is 12.1 Å². The first-order valence-corrected chi connectivity index (χ1v) is 8.16. The lowest BCUT2D eigenvalue weighted by Gasteiger charge is -2.37. The van der Waals surface area contributed by atoms with E-state index in [1.54, 1.807) is 0 Å². The van der Waals surface area contributed by atoms with Crippen LogP contribution in [0.3, 0.4) is 0 Å². The zero-order valence-corrected chi connectivity index (χ0v) is 13.3. The summed E-state index contributed by atoms with van der Waals surface area (Å²) in [6.45, 7) is 6.31. The maximum atomic E-state index is 11.6. The van der Waals surface area contributed by atoms with E-state index in [9.17, 15) is 4.79 Å². The fourth-order valence-electron chi connectivity index (χ4n) is 4.69. The van der Waals surface area contributed by atoms with Crippen molar-refractivity contribution in [3.8, 4) is 0 Å². The first kappa shape index (κ1) is 14.6. The van der Waals surface area contributed by atoms with Gasteiger partial charge in [-0.3, -0.25) is 9.63 Å². The highest BCUT2D eigenvalue weighted by atomic mass is 16.8. The Morgan fingerprint density at radius 2 is 2.04 bits per heavy atom. The molecule has 0 aliphatic carbocycles. The van der Waals surface area contributed by atoms with E-state index in [2.05, 4.69) is 0 Å². The van der Waals surface area contributed by atoms with Gasteiger partial charge in [0, 0.05) is 6.92 Å². The summed E-state index contributed by atoms with van der Waals surface area (Å²) < 4.78 is 29.2. The number of carbonyl (C=O) groups excluding carboxylic acids is 1. The predicted molar refractivity (Wildman–Crippen MR) is 72.8 cm³/mol. The van der Waals surface area contributed by atoms with Crippen LogP contribution in [0.1, 0.15) is 20.8 Å². The van der Waals surface area contributed by atoms with Gasteiger partial charge in [0.2, 0.25) is 0 Å². The largest absolute Gasteiger partial charge is 0.459 e. The van der Waals surface area contributed by atoms with Crippen LogP contribution in [0.4, 0.5) is 0 Å². The van der Waals surface area contributed by atoms with Crippen LogP contribution in [0.15, 0.2) is 0 Å². The van der Waals surface area contributed by atoms with Gasteiger partial charge in [0.1, 0.15) is 30.5 Å². The highest BCUT2D eigenvalue weighted by Gasteiger charge is 2.68. The zero-order valence-electron chi connectivity index (χ0n) is 13.3. The molecule has 0 aromatic heterocycles. The van der Waals surface area contributed by atoms with Crippen molar-refractivity contribution < 1.29 is 33.3 Å². The summed E-state index contributed by atoms with van der Waals surface area (Å²) in [6, 6.07) is -0.0216. The molecule has 8 heteroatoms. The van der Waals surface area contributed by atoms with Gasteiger partial charge in [0.05, 0.1) is 25.1 Å². The topological polar surface area (TPSA) is 75.7 Å². The normalized spacial score (nSPS) is 53.0. The molecule has 8 nitrogen and oxygen atoms in total. The number of fused-ring (bicyclic) bond motifs is 8. The molecule has 23 heavy (non-hydrogen) atoms. The van der Waals surface area contributed by atoms with Gasteiger partial charge in [-0.1, -0.05) is 0 Å². The van der Waals surface area contributed by atoms with Crippen molar-refractivity contribution in [3.05, 3.63) is 0 Å². The summed E-state index contributed by atoms with van der Waals surface area (Å²) in [6.07, 6.45) is -1.46. The number of hydrogen-bond acceptors (Lipinski definition) is 8. The number of esters is 1. The molecule has 0 spiro atoms. The quantitative estimate of drug-likeness (QED) is 0.613. The monoisotopic (exact) mass is 327 g/mol. The van der Waals surface area contributed by atoms with Crippen LogP contribution in [0, 0.1) is 5.92 Å². The molecule has 0 amide bonds. The standard InChI is InChI=1S/C15H21NO7/c1-6(17)19-11-8-5-18-14(20-8)13-9(11)10-12-7(4-16(10)23-13)21-15(2,3)22-12/h7-14H,4-5H2,1-3H3/t7-,8+,9+,10+,11-,12-,13+,14+/m0/s1. The number of hydroxylamine groups is 2. The molecule has 5 heterocycles.